The third kappa shape index (κ3) is 3.79. The van der Waals surface area contributed by atoms with Gasteiger partial charge in [-0.1, -0.05) is 32.0 Å². The molecule has 0 aliphatic rings. The van der Waals surface area contributed by atoms with Gasteiger partial charge in [-0.25, -0.2) is 4.99 Å². The van der Waals surface area contributed by atoms with Crippen LogP contribution in [0.5, 0.6) is 5.75 Å². The average Bonchev–Trinajstić information content (AvgIpc) is 3.23. The molecule has 0 aliphatic carbocycles. The van der Waals surface area contributed by atoms with Gasteiger partial charge in [0.25, 0.3) is 0 Å². The molecule has 0 amide bonds. The lowest BCUT2D eigenvalue weighted by Crippen LogP contribution is -2.17. The van der Waals surface area contributed by atoms with Crippen LogP contribution >= 0.6 is 22.7 Å². The number of benzene rings is 1. The van der Waals surface area contributed by atoms with E-state index in [9.17, 15) is 0 Å². The molecule has 1 aromatic carbocycles. The number of hydrogen-bond acceptors (Lipinski definition) is 4. The maximum atomic E-state index is 5.44. The molecule has 3 nitrogen and oxygen atoms in total. The van der Waals surface area contributed by atoms with E-state index in [1.165, 1.54) is 10.6 Å². The minimum absolute atomic E-state index is 0.660. The van der Waals surface area contributed by atoms with Gasteiger partial charge in [-0.15, -0.1) is 22.7 Å². The van der Waals surface area contributed by atoms with Crippen molar-refractivity contribution >= 4 is 28.4 Å². The van der Waals surface area contributed by atoms with Crippen LogP contribution in [0.15, 0.2) is 52.2 Å². The normalized spacial score (nSPS) is 12.1. The fraction of sp³-hybridized carbons (Fsp3) is 0.316. The summed E-state index contributed by atoms with van der Waals surface area (Å²) in [4.78, 5) is 7.19. The highest BCUT2D eigenvalue weighted by Crippen LogP contribution is 2.28. The summed E-state index contributed by atoms with van der Waals surface area (Å²) >= 11 is 3.46. The molecular formula is C19H22N2OS2. The summed E-state index contributed by atoms with van der Waals surface area (Å²) in [7, 11) is 1.69. The van der Waals surface area contributed by atoms with E-state index >= 15 is 0 Å². The van der Waals surface area contributed by atoms with Crippen LogP contribution in [-0.4, -0.2) is 11.7 Å². The fourth-order valence-corrected chi connectivity index (χ4v) is 4.23. The maximum absolute atomic E-state index is 5.44. The van der Waals surface area contributed by atoms with Crippen molar-refractivity contribution in [2.24, 2.45) is 10.9 Å². The molecule has 0 saturated carbocycles. The summed E-state index contributed by atoms with van der Waals surface area (Å²) in [5, 5.41) is 4.33. The number of methoxy groups -OCH3 is 1. The molecular weight excluding hydrogens is 336 g/mol. The Kier molecular flexibility index (Phi) is 5.53. The summed E-state index contributed by atoms with van der Waals surface area (Å²) in [6.45, 7) is 5.49. The topological polar surface area (TPSA) is 26.5 Å². The molecule has 0 atom stereocenters. The molecule has 126 valence electrons. The van der Waals surface area contributed by atoms with Gasteiger partial charge in [0.05, 0.1) is 17.7 Å². The predicted octanol–water partition coefficient (Wildman–Crippen LogP) is 5.57. The number of para-hydroxylation sites is 2. The van der Waals surface area contributed by atoms with E-state index in [0.717, 1.165) is 29.2 Å². The zero-order valence-corrected chi connectivity index (χ0v) is 15.9. The molecule has 3 aromatic rings. The number of rotatable bonds is 6. The second-order valence-corrected chi connectivity index (χ2v) is 7.78. The van der Waals surface area contributed by atoms with E-state index < -0.39 is 0 Å². The molecule has 3 rings (SSSR count). The van der Waals surface area contributed by atoms with E-state index in [2.05, 4.69) is 41.3 Å². The van der Waals surface area contributed by atoms with Crippen molar-refractivity contribution in [1.82, 2.24) is 4.57 Å². The van der Waals surface area contributed by atoms with E-state index in [1.54, 1.807) is 29.8 Å². The molecule has 0 radical (unpaired) electrons. The van der Waals surface area contributed by atoms with Gasteiger partial charge < -0.3 is 9.30 Å². The predicted molar refractivity (Wildman–Crippen MR) is 103 cm³/mol. The molecule has 5 heteroatoms. The highest BCUT2D eigenvalue weighted by atomic mass is 32.1. The number of thiazole rings is 1. The Hall–Kier alpha value is -1.85. The lowest BCUT2D eigenvalue weighted by atomic mass is 10.1. The molecule has 0 bridgehead atoms. The van der Waals surface area contributed by atoms with Crippen molar-refractivity contribution in [3.63, 3.8) is 0 Å². The largest absolute Gasteiger partial charge is 0.494 e. The van der Waals surface area contributed by atoms with Crippen molar-refractivity contribution in [3.8, 4) is 16.3 Å². The number of thiophene rings is 1. The third-order valence-electron chi connectivity index (χ3n) is 3.80. The molecule has 24 heavy (non-hydrogen) atoms. The summed E-state index contributed by atoms with van der Waals surface area (Å²) in [5.74, 6) is 1.46. The molecule has 2 heterocycles. The zero-order valence-electron chi connectivity index (χ0n) is 14.2. The van der Waals surface area contributed by atoms with Crippen LogP contribution in [0.25, 0.3) is 10.6 Å². The Balaban J connectivity index is 2.08. The number of nitrogens with zero attached hydrogens (tertiary/aromatic N) is 2. The fourth-order valence-electron chi connectivity index (χ4n) is 2.47. The Labute approximate surface area is 150 Å². The first-order valence-electron chi connectivity index (χ1n) is 8.09. The van der Waals surface area contributed by atoms with E-state index in [-0.39, 0.29) is 0 Å². The lowest BCUT2D eigenvalue weighted by molar-refractivity contribution is 0.416. The Morgan fingerprint density at radius 3 is 2.67 bits per heavy atom. The highest BCUT2D eigenvalue weighted by Gasteiger charge is 2.10. The Bertz CT molecular complexity index is 844. The zero-order chi connectivity index (χ0) is 16.9. The standard InChI is InChI=1S/C19H22N2OS2/c1-14(2)10-11-21-16(18-9-6-12-23-18)13-24-19(21)20-15-7-4-5-8-17(15)22-3/h4-9,12-14H,10-11H2,1-3H3. The molecule has 2 aromatic heterocycles. The average molecular weight is 359 g/mol. The lowest BCUT2D eigenvalue weighted by Gasteiger charge is -2.10. The third-order valence-corrected chi connectivity index (χ3v) is 5.56. The van der Waals surface area contributed by atoms with Gasteiger partial charge in [0.15, 0.2) is 4.80 Å². The van der Waals surface area contributed by atoms with Crippen molar-refractivity contribution in [2.45, 2.75) is 26.8 Å². The van der Waals surface area contributed by atoms with Crippen LogP contribution in [0, 0.1) is 5.92 Å². The van der Waals surface area contributed by atoms with Gasteiger partial charge in [0.1, 0.15) is 11.4 Å². The van der Waals surface area contributed by atoms with Crippen molar-refractivity contribution in [1.29, 1.82) is 0 Å². The van der Waals surface area contributed by atoms with Gasteiger partial charge in [-0.05, 0) is 35.9 Å². The quantitative estimate of drug-likeness (QED) is 0.566. The van der Waals surface area contributed by atoms with Crippen LogP contribution in [0.1, 0.15) is 20.3 Å². The smallest absolute Gasteiger partial charge is 0.190 e. The molecule has 0 aliphatic heterocycles. The molecule has 0 unspecified atom stereocenters. The van der Waals surface area contributed by atoms with Crippen molar-refractivity contribution < 1.29 is 4.74 Å². The number of hydrogen-bond donors (Lipinski definition) is 0. The summed E-state index contributed by atoms with van der Waals surface area (Å²) in [6.07, 6.45) is 1.13. The first-order valence-corrected chi connectivity index (χ1v) is 9.85. The minimum Gasteiger partial charge on any atom is -0.494 e. The SMILES string of the molecule is COc1ccccc1N=c1scc(-c2cccs2)n1CCC(C)C. The van der Waals surface area contributed by atoms with Crippen LogP contribution in [0.2, 0.25) is 0 Å². The molecule has 0 N–H and O–H groups in total. The Morgan fingerprint density at radius 2 is 1.96 bits per heavy atom. The molecule has 0 fully saturated rings. The molecule has 0 saturated heterocycles. The summed E-state index contributed by atoms with van der Waals surface area (Å²) in [6, 6.07) is 12.2. The van der Waals surface area contributed by atoms with Gasteiger partial charge >= 0.3 is 0 Å². The first-order chi connectivity index (χ1) is 11.7. The maximum Gasteiger partial charge on any atom is 0.190 e. The van der Waals surface area contributed by atoms with Gasteiger partial charge in [0, 0.05) is 11.9 Å². The van der Waals surface area contributed by atoms with Gasteiger partial charge in [-0.3, -0.25) is 0 Å². The second-order valence-electron chi connectivity index (χ2n) is 6.00. The van der Waals surface area contributed by atoms with Crippen LogP contribution in [0.4, 0.5) is 5.69 Å². The highest BCUT2D eigenvalue weighted by molar-refractivity contribution is 7.14. The number of aromatic nitrogens is 1. The van der Waals surface area contributed by atoms with Crippen molar-refractivity contribution in [2.75, 3.05) is 7.11 Å². The van der Waals surface area contributed by atoms with Gasteiger partial charge in [0.2, 0.25) is 0 Å². The van der Waals surface area contributed by atoms with Gasteiger partial charge in [-0.2, -0.15) is 0 Å². The van der Waals surface area contributed by atoms with Crippen molar-refractivity contribution in [3.05, 3.63) is 52.0 Å². The number of ether oxygens (including phenoxy) is 1. The monoisotopic (exact) mass is 358 g/mol. The summed E-state index contributed by atoms with van der Waals surface area (Å²) < 4.78 is 7.77. The first kappa shape index (κ1) is 17.0. The van der Waals surface area contributed by atoms with Crippen LogP contribution < -0.4 is 9.54 Å². The molecule has 0 spiro atoms. The Morgan fingerprint density at radius 1 is 1.12 bits per heavy atom. The minimum atomic E-state index is 0.660. The van der Waals surface area contributed by atoms with E-state index in [0.29, 0.717) is 5.92 Å². The summed E-state index contributed by atoms with van der Waals surface area (Å²) in [5.41, 5.74) is 2.13. The van der Waals surface area contributed by atoms with E-state index in [4.69, 9.17) is 9.73 Å². The van der Waals surface area contributed by atoms with Crippen LogP contribution in [-0.2, 0) is 6.54 Å². The van der Waals surface area contributed by atoms with Crippen LogP contribution in [0.3, 0.4) is 0 Å². The van der Waals surface area contributed by atoms with E-state index in [1.807, 2.05) is 24.3 Å². The second kappa shape index (κ2) is 7.81.